The van der Waals surface area contributed by atoms with Crippen molar-refractivity contribution in [3.63, 3.8) is 0 Å². The van der Waals surface area contributed by atoms with Gasteiger partial charge in [-0.15, -0.1) is 0 Å². The molecule has 2 saturated heterocycles. The van der Waals surface area contributed by atoms with Crippen molar-refractivity contribution in [2.45, 2.75) is 30.8 Å². The van der Waals surface area contributed by atoms with Crippen molar-refractivity contribution in [1.82, 2.24) is 4.90 Å². The second kappa shape index (κ2) is 7.43. The predicted molar refractivity (Wildman–Crippen MR) is 118 cm³/mol. The Hall–Kier alpha value is -2.77. The molecule has 7 nitrogen and oxygen atoms in total. The van der Waals surface area contributed by atoms with Crippen LogP contribution in [0.1, 0.15) is 24.8 Å². The number of benzene rings is 2. The summed E-state index contributed by atoms with van der Waals surface area (Å²) in [6, 6.07) is 10.9. The molecular formula is C23H24ClN3O4. The molecule has 3 atom stereocenters. The minimum Gasteiger partial charge on any atom is -0.497 e. The number of hydrogen-bond acceptors (Lipinski definition) is 5. The van der Waals surface area contributed by atoms with E-state index >= 15 is 0 Å². The number of nitrogens with one attached hydrogen (secondary N) is 2. The molecule has 3 aliphatic rings. The maximum Gasteiger partial charge on any atom is 0.250 e. The van der Waals surface area contributed by atoms with Gasteiger partial charge in [-0.05, 0) is 44.0 Å². The van der Waals surface area contributed by atoms with Gasteiger partial charge in [0.05, 0.1) is 36.5 Å². The minimum atomic E-state index is -1.06. The van der Waals surface area contributed by atoms with E-state index in [9.17, 15) is 9.59 Å². The van der Waals surface area contributed by atoms with E-state index in [0.717, 1.165) is 24.9 Å². The first-order valence-electron chi connectivity index (χ1n) is 10.4. The normalized spacial score (nSPS) is 26.5. The van der Waals surface area contributed by atoms with E-state index in [2.05, 4.69) is 15.5 Å². The van der Waals surface area contributed by atoms with Crippen molar-refractivity contribution in [2.24, 2.45) is 5.92 Å². The van der Waals surface area contributed by atoms with Gasteiger partial charge in [-0.3, -0.25) is 14.5 Å². The number of para-hydroxylation sites is 1. The van der Waals surface area contributed by atoms with Gasteiger partial charge in [0.1, 0.15) is 17.0 Å². The summed E-state index contributed by atoms with van der Waals surface area (Å²) >= 11 is 6.41. The first-order valence-corrected chi connectivity index (χ1v) is 10.8. The van der Waals surface area contributed by atoms with Gasteiger partial charge >= 0.3 is 0 Å². The molecule has 0 bridgehead atoms. The van der Waals surface area contributed by atoms with E-state index in [-0.39, 0.29) is 17.9 Å². The summed E-state index contributed by atoms with van der Waals surface area (Å²) in [4.78, 5) is 29.4. The number of carbonyl (C=O) groups excluding carboxylic acids is 2. The van der Waals surface area contributed by atoms with Crippen molar-refractivity contribution in [2.75, 3.05) is 31.4 Å². The highest BCUT2D eigenvalue weighted by Gasteiger charge is 2.65. The molecule has 0 aromatic heterocycles. The second-order valence-electron chi connectivity index (χ2n) is 8.22. The molecule has 2 amide bonds. The Kier molecular flexibility index (Phi) is 4.83. The highest BCUT2D eigenvalue weighted by Crippen LogP contribution is 2.56. The van der Waals surface area contributed by atoms with Crippen LogP contribution in [0.5, 0.6) is 11.5 Å². The number of anilines is 2. The van der Waals surface area contributed by atoms with Gasteiger partial charge in [-0.2, -0.15) is 0 Å². The van der Waals surface area contributed by atoms with Crippen molar-refractivity contribution in [3.05, 3.63) is 47.0 Å². The molecule has 0 unspecified atom stereocenters. The molecule has 3 heterocycles. The molecule has 162 valence electrons. The summed E-state index contributed by atoms with van der Waals surface area (Å²) in [5.74, 6) is 0.171. The van der Waals surface area contributed by atoms with Crippen LogP contribution in [-0.2, 0) is 15.1 Å². The molecule has 5 rings (SSSR count). The SMILES string of the molecule is COc1ccc(OC)c(NC(=O)[C@@H]2C[C@H]3CCCN3[C@@]23C(=O)Nc2c(Cl)cccc23)c1. The molecule has 31 heavy (non-hydrogen) atoms. The van der Waals surface area contributed by atoms with Crippen molar-refractivity contribution < 1.29 is 19.1 Å². The van der Waals surface area contributed by atoms with E-state index < -0.39 is 11.5 Å². The number of halogens is 1. The zero-order valence-corrected chi connectivity index (χ0v) is 18.2. The molecule has 0 radical (unpaired) electrons. The number of fused-ring (bicyclic) bond motifs is 4. The fraction of sp³-hybridized carbons (Fsp3) is 0.391. The Morgan fingerprint density at radius 3 is 2.87 bits per heavy atom. The van der Waals surface area contributed by atoms with Crippen molar-refractivity contribution in [1.29, 1.82) is 0 Å². The maximum absolute atomic E-state index is 13.7. The smallest absolute Gasteiger partial charge is 0.250 e. The number of rotatable bonds is 4. The zero-order valence-electron chi connectivity index (χ0n) is 17.4. The Labute approximate surface area is 185 Å². The van der Waals surface area contributed by atoms with E-state index in [1.165, 1.54) is 0 Å². The van der Waals surface area contributed by atoms with Crippen molar-refractivity contribution >= 4 is 34.8 Å². The summed E-state index contributed by atoms with van der Waals surface area (Å²) in [5, 5.41) is 6.45. The highest BCUT2D eigenvalue weighted by atomic mass is 35.5. The van der Waals surface area contributed by atoms with E-state index in [4.69, 9.17) is 21.1 Å². The second-order valence-corrected chi connectivity index (χ2v) is 8.62. The van der Waals surface area contributed by atoms with Gasteiger partial charge in [0.15, 0.2) is 0 Å². The molecule has 2 aromatic rings. The van der Waals surface area contributed by atoms with E-state index in [1.807, 2.05) is 12.1 Å². The van der Waals surface area contributed by atoms with Crippen LogP contribution in [0.3, 0.4) is 0 Å². The average molecular weight is 442 g/mol. The van der Waals surface area contributed by atoms with Crippen molar-refractivity contribution in [3.8, 4) is 11.5 Å². The molecule has 1 spiro atoms. The van der Waals surface area contributed by atoms with Crippen LogP contribution < -0.4 is 20.1 Å². The summed E-state index contributed by atoms with van der Waals surface area (Å²) in [6.45, 7) is 0.774. The largest absolute Gasteiger partial charge is 0.497 e. The summed E-state index contributed by atoms with van der Waals surface area (Å²) < 4.78 is 10.7. The Balaban J connectivity index is 1.58. The number of hydrogen-bond donors (Lipinski definition) is 2. The first-order chi connectivity index (χ1) is 15.0. The lowest BCUT2D eigenvalue weighted by molar-refractivity contribution is -0.135. The van der Waals surface area contributed by atoms with Gasteiger partial charge in [-0.1, -0.05) is 23.7 Å². The monoisotopic (exact) mass is 441 g/mol. The van der Waals surface area contributed by atoms with Gasteiger partial charge in [0, 0.05) is 17.7 Å². The third-order valence-corrected chi connectivity index (χ3v) is 7.15. The lowest BCUT2D eigenvalue weighted by atomic mass is 9.78. The summed E-state index contributed by atoms with van der Waals surface area (Å²) in [6.07, 6.45) is 2.59. The van der Waals surface area contributed by atoms with Crippen LogP contribution in [-0.4, -0.2) is 43.5 Å². The fourth-order valence-corrected chi connectivity index (χ4v) is 5.77. The Bertz CT molecular complexity index is 1070. The molecule has 3 aliphatic heterocycles. The Morgan fingerprint density at radius 1 is 1.26 bits per heavy atom. The predicted octanol–water partition coefficient (Wildman–Crippen LogP) is 3.63. The molecule has 0 saturated carbocycles. The topological polar surface area (TPSA) is 79.9 Å². The fourth-order valence-electron chi connectivity index (χ4n) is 5.55. The maximum atomic E-state index is 13.7. The minimum absolute atomic E-state index is 0.179. The van der Waals surface area contributed by atoms with Crippen LogP contribution in [0.15, 0.2) is 36.4 Å². The third kappa shape index (κ3) is 2.83. The zero-order chi connectivity index (χ0) is 21.8. The molecule has 8 heteroatoms. The summed E-state index contributed by atoms with van der Waals surface area (Å²) in [5.41, 5.74) is 0.849. The highest BCUT2D eigenvalue weighted by molar-refractivity contribution is 6.35. The van der Waals surface area contributed by atoms with E-state index in [0.29, 0.717) is 34.3 Å². The molecule has 2 aromatic carbocycles. The number of carbonyl (C=O) groups is 2. The van der Waals surface area contributed by atoms with Gasteiger partial charge < -0.3 is 20.1 Å². The first kappa shape index (κ1) is 20.2. The quantitative estimate of drug-likeness (QED) is 0.757. The van der Waals surface area contributed by atoms with Gasteiger partial charge in [0.25, 0.3) is 0 Å². The van der Waals surface area contributed by atoms with Crippen LogP contribution in [0.2, 0.25) is 5.02 Å². The number of nitrogens with zero attached hydrogens (tertiary/aromatic N) is 1. The number of methoxy groups -OCH3 is 2. The van der Waals surface area contributed by atoms with Gasteiger partial charge in [-0.25, -0.2) is 0 Å². The summed E-state index contributed by atoms with van der Waals surface area (Å²) in [7, 11) is 3.12. The number of amides is 2. The average Bonchev–Trinajstić information content (AvgIpc) is 3.43. The van der Waals surface area contributed by atoms with Crippen LogP contribution in [0.4, 0.5) is 11.4 Å². The van der Waals surface area contributed by atoms with Crippen LogP contribution >= 0.6 is 11.6 Å². The van der Waals surface area contributed by atoms with Crippen LogP contribution in [0.25, 0.3) is 0 Å². The lowest BCUT2D eigenvalue weighted by Gasteiger charge is -2.36. The third-order valence-electron chi connectivity index (χ3n) is 6.83. The van der Waals surface area contributed by atoms with E-state index in [1.54, 1.807) is 38.5 Å². The van der Waals surface area contributed by atoms with Gasteiger partial charge in [0.2, 0.25) is 11.8 Å². The van der Waals surface area contributed by atoms with Crippen LogP contribution in [0, 0.1) is 5.92 Å². The lowest BCUT2D eigenvalue weighted by Crippen LogP contribution is -2.53. The number of ether oxygens (including phenoxy) is 2. The Morgan fingerprint density at radius 2 is 2.10 bits per heavy atom. The molecular weight excluding hydrogens is 418 g/mol. The molecule has 2 N–H and O–H groups in total. The molecule has 0 aliphatic carbocycles. The standard InChI is InChI=1S/C23H24ClN3O4/c1-30-14-8-9-19(31-2)18(12-14)25-21(28)16-11-13-5-4-10-27(13)23(16)15-6-3-7-17(24)20(15)26-22(23)29/h3,6-9,12-13,16H,4-5,10-11H2,1-2H3,(H,25,28)(H,26,29)/t13-,16+,23-/m1/s1. The molecule has 2 fully saturated rings.